The van der Waals surface area contributed by atoms with Crippen LogP contribution in [0.4, 0.5) is 0 Å². The maximum Gasteiger partial charge on any atom is 0.307 e. The van der Waals surface area contributed by atoms with Crippen molar-refractivity contribution in [2.45, 2.75) is 18.7 Å². The molecule has 2 rings (SSSR count). The van der Waals surface area contributed by atoms with Crippen molar-refractivity contribution < 1.29 is 8.95 Å². The van der Waals surface area contributed by atoms with E-state index in [1.54, 1.807) is 24.6 Å². The number of hydrogen-bond donors (Lipinski definition) is 1. The first-order valence-corrected chi connectivity index (χ1v) is 8.19. The van der Waals surface area contributed by atoms with Crippen molar-refractivity contribution in [3.63, 3.8) is 0 Å². The van der Waals surface area contributed by atoms with E-state index in [1.165, 1.54) is 0 Å². The summed E-state index contributed by atoms with van der Waals surface area (Å²) in [5, 5.41) is 6.21. The van der Waals surface area contributed by atoms with Crippen LogP contribution in [0.15, 0.2) is 40.2 Å². The van der Waals surface area contributed by atoms with Crippen molar-refractivity contribution in [3.05, 3.63) is 40.8 Å². The highest BCUT2D eigenvalue weighted by Crippen LogP contribution is 2.26. The fourth-order valence-corrected chi connectivity index (χ4v) is 2.33. The maximum absolute atomic E-state index is 11.9. The van der Waals surface area contributed by atoms with Gasteiger partial charge in [0.15, 0.2) is 5.75 Å². The van der Waals surface area contributed by atoms with E-state index in [9.17, 15) is 9.00 Å². The molecule has 1 aromatic heterocycles. The van der Waals surface area contributed by atoms with E-state index in [0.29, 0.717) is 18.1 Å². The molecule has 21 heavy (non-hydrogen) atoms. The summed E-state index contributed by atoms with van der Waals surface area (Å²) in [6.45, 7) is 4.48. The SMILES string of the molecule is CC(C)COc1c(-c2ccc(S(C)=O)cc2)cn[nH]c1=O. The molecular formula is C15H18N2O3S. The van der Waals surface area contributed by atoms with Crippen molar-refractivity contribution >= 4 is 10.8 Å². The van der Waals surface area contributed by atoms with Gasteiger partial charge in [-0.25, -0.2) is 5.10 Å². The maximum atomic E-state index is 11.9. The van der Waals surface area contributed by atoms with Gasteiger partial charge in [-0.15, -0.1) is 0 Å². The van der Waals surface area contributed by atoms with Crippen LogP contribution in [-0.2, 0) is 10.8 Å². The standard InChI is InChI=1S/C15H18N2O3S/c1-10(2)9-20-14-13(8-16-17-15(14)18)11-4-6-12(7-5-11)21(3)19/h4-8,10H,9H2,1-3H3,(H,17,18). The summed E-state index contributed by atoms with van der Waals surface area (Å²) in [5.41, 5.74) is 1.09. The normalized spacial score (nSPS) is 12.4. The zero-order valence-corrected chi connectivity index (χ0v) is 13.1. The number of aromatic amines is 1. The molecule has 0 radical (unpaired) electrons. The van der Waals surface area contributed by atoms with Crippen LogP contribution in [0.25, 0.3) is 11.1 Å². The van der Waals surface area contributed by atoms with E-state index in [0.717, 1.165) is 10.5 Å². The third kappa shape index (κ3) is 3.78. The zero-order chi connectivity index (χ0) is 15.4. The van der Waals surface area contributed by atoms with Crippen molar-refractivity contribution in [1.29, 1.82) is 0 Å². The fourth-order valence-electron chi connectivity index (χ4n) is 1.81. The van der Waals surface area contributed by atoms with Crippen molar-refractivity contribution in [1.82, 2.24) is 10.2 Å². The van der Waals surface area contributed by atoms with E-state index >= 15 is 0 Å². The average molecular weight is 306 g/mol. The first-order valence-electron chi connectivity index (χ1n) is 6.63. The summed E-state index contributed by atoms with van der Waals surface area (Å²) >= 11 is 0. The second kappa shape index (κ2) is 6.67. The Bertz CT molecular complexity index is 693. The number of benzene rings is 1. The molecule has 1 unspecified atom stereocenters. The van der Waals surface area contributed by atoms with E-state index < -0.39 is 10.8 Å². The summed E-state index contributed by atoms with van der Waals surface area (Å²) in [7, 11) is -1.03. The van der Waals surface area contributed by atoms with Crippen LogP contribution < -0.4 is 10.3 Å². The fraction of sp³-hybridized carbons (Fsp3) is 0.333. The van der Waals surface area contributed by atoms with Crippen molar-refractivity contribution in [2.24, 2.45) is 5.92 Å². The summed E-state index contributed by atoms with van der Waals surface area (Å²) in [4.78, 5) is 12.6. The van der Waals surface area contributed by atoms with Crippen LogP contribution in [0.3, 0.4) is 0 Å². The molecule has 0 aliphatic rings. The Kier molecular flexibility index (Phi) is 4.90. The molecule has 6 heteroatoms. The Balaban J connectivity index is 2.41. The number of nitrogens with zero attached hydrogens (tertiary/aromatic N) is 1. The molecule has 1 N–H and O–H groups in total. The third-order valence-electron chi connectivity index (χ3n) is 2.87. The summed E-state index contributed by atoms with van der Waals surface area (Å²) in [6.07, 6.45) is 3.19. The lowest BCUT2D eigenvalue weighted by molar-refractivity contribution is 0.268. The first kappa shape index (κ1) is 15.4. The second-order valence-electron chi connectivity index (χ2n) is 5.13. The number of H-pyrrole nitrogens is 1. The lowest BCUT2D eigenvalue weighted by atomic mass is 10.1. The van der Waals surface area contributed by atoms with Gasteiger partial charge >= 0.3 is 5.56 Å². The van der Waals surface area contributed by atoms with Gasteiger partial charge < -0.3 is 4.74 Å². The van der Waals surface area contributed by atoms with Gasteiger partial charge in [0.2, 0.25) is 0 Å². The quantitative estimate of drug-likeness (QED) is 0.919. The Morgan fingerprint density at radius 2 is 1.95 bits per heavy atom. The molecule has 0 fully saturated rings. The minimum Gasteiger partial charge on any atom is -0.487 e. The molecule has 0 saturated heterocycles. The van der Waals surface area contributed by atoms with Crippen LogP contribution in [-0.4, -0.2) is 27.3 Å². The highest BCUT2D eigenvalue weighted by molar-refractivity contribution is 7.84. The largest absolute Gasteiger partial charge is 0.487 e. The molecule has 112 valence electrons. The number of aromatic nitrogens is 2. The second-order valence-corrected chi connectivity index (χ2v) is 6.50. The molecule has 1 aromatic carbocycles. The average Bonchev–Trinajstić information content (AvgIpc) is 2.45. The monoisotopic (exact) mass is 306 g/mol. The predicted molar refractivity (Wildman–Crippen MR) is 83.0 cm³/mol. The molecule has 0 aliphatic heterocycles. The van der Waals surface area contributed by atoms with Crippen molar-refractivity contribution in [3.8, 4) is 16.9 Å². The predicted octanol–water partition coefficient (Wildman–Crippen LogP) is 2.21. The lowest BCUT2D eigenvalue weighted by Crippen LogP contribution is -2.16. The lowest BCUT2D eigenvalue weighted by Gasteiger charge is -2.11. The van der Waals surface area contributed by atoms with E-state index in [4.69, 9.17) is 4.74 Å². The number of hydrogen-bond acceptors (Lipinski definition) is 4. The number of rotatable bonds is 5. The third-order valence-corrected chi connectivity index (χ3v) is 3.80. The molecule has 1 heterocycles. The zero-order valence-electron chi connectivity index (χ0n) is 12.3. The van der Waals surface area contributed by atoms with Gasteiger partial charge in [-0.1, -0.05) is 26.0 Å². The highest BCUT2D eigenvalue weighted by Gasteiger charge is 2.12. The van der Waals surface area contributed by atoms with E-state index in [1.807, 2.05) is 26.0 Å². The van der Waals surface area contributed by atoms with Crippen LogP contribution in [0.5, 0.6) is 5.75 Å². The first-order chi connectivity index (χ1) is 9.99. The van der Waals surface area contributed by atoms with Gasteiger partial charge in [0.1, 0.15) is 0 Å². The van der Waals surface area contributed by atoms with Gasteiger partial charge in [-0.2, -0.15) is 5.10 Å². The van der Waals surface area contributed by atoms with Gasteiger partial charge in [0.25, 0.3) is 0 Å². The van der Waals surface area contributed by atoms with Gasteiger partial charge in [0, 0.05) is 27.5 Å². The Labute approximate surface area is 125 Å². The summed E-state index contributed by atoms with van der Waals surface area (Å²) in [5.74, 6) is 0.583. The molecule has 0 spiro atoms. The minimum atomic E-state index is -1.03. The van der Waals surface area contributed by atoms with E-state index in [2.05, 4.69) is 10.2 Å². The molecule has 0 bridgehead atoms. The molecule has 0 saturated carbocycles. The van der Waals surface area contributed by atoms with Gasteiger partial charge in [-0.05, 0) is 23.6 Å². The van der Waals surface area contributed by atoms with E-state index in [-0.39, 0.29) is 11.3 Å². The number of nitrogens with one attached hydrogen (secondary N) is 1. The molecule has 2 aromatic rings. The molecular weight excluding hydrogens is 288 g/mol. The molecule has 0 aliphatic carbocycles. The van der Waals surface area contributed by atoms with Crippen molar-refractivity contribution in [2.75, 3.05) is 12.9 Å². The summed E-state index contributed by atoms with van der Waals surface area (Å²) in [6, 6.07) is 7.18. The highest BCUT2D eigenvalue weighted by atomic mass is 32.2. The Morgan fingerprint density at radius 3 is 2.52 bits per heavy atom. The van der Waals surface area contributed by atoms with Crippen LogP contribution in [0, 0.1) is 5.92 Å². The smallest absolute Gasteiger partial charge is 0.307 e. The Morgan fingerprint density at radius 1 is 1.29 bits per heavy atom. The molecule has 1 atom stereocenters. The van der Waals surface area contributed by atoms with Crippen LogP contribution in [0.1, 0.15) is 13.8 Å². The van der Waals surface area contributed by atoms with Crippen LogP contribution >= 0.6 is 0 Å². The van der Waals surface area contributed by atoms with Gasteiger partial charge in [-0.3, -0.25) is 9.00 Å². The topological polar surface area (TPSA) is 72.0 Å². The molecule has 0 amide bonds. The minimum absolute atomic E-state index is 0.268. The van der Waals surface area contributed by atoms with Gasteiger partial charge in [0.05, 0.1) is 12.8 Å². The summed E-state index contributed by atoms with van der Waals surface area (Å²) < 4.78 is 17.0. The van der Waals surface area contributed by atoms with Crippen LogP contribution in [0.2, 0.25) is 0 Å². The Hall–Kier alpha value is -1.95. The number of ether oxygens (including phenoxy) is 1. The molecule has 5 nitrogen and oxygen atoms in total.